The maximum absolute atomic E-state index is 12.6. The summed E-state index contributed by atoms with van der Waals surface area (Å²) in [5, 5.41) is 20.0. The maximum atomic E-state index is 12.6. The lowest BCUT2D eigenvalue weighted by molar-refractivity contribution is 0.0670. The van der Waals surface area contributed by atoms with Gasteiger partial charge in [0.2, 0.25) is 0 Å². The molecule has 6 heteroatoms. The van der Waals surface area contributed by atoms with Gasteiger partial charge >= 0.3 is 0 Å². The standard InChI is InChI=1S/C23H22N4O2/c28-20-12-5-4-10-18(20)27-21(29)14-13-17(24-27)22-19-11-6-7-15-26(19)25-23(22)16-8-2-1-3-9-16/h1-3,6-9,11,13-15,18,20,28H,4-5,10,12H2. The quantitative estimate of drug-likeness (QED) is 0.583. The van der Waals surface area contributed by atoms with Gasteiger partial charge < -0.3 is 5.11 Å². The number of aliphatic hydroxyl groups is 1. The number of rotatable bonds is 3. The summed E-state index contributed by atoms with van der Waals surface area (Å²) >= 11 is 0. The molecule has 1 aliphatic carbocycles. The highest BCUT2D eigenvalue weighted by Crippen LogP contribution is 2.34. The predicted molar refractivity (Wildman–Crippen MR) is 112 cm³/mol. The van der Waals surface area contributed by atoms with Crippen LogP contribution in [0.15, 0.2) is 71.7 Å². The van der Waals surface area contributed by atoms with Gasteiger partial charge in [0.25, 0.3) is 5.56 Å². The van der Waals surface area contributed by atoms with Gasteiger partial charge in [-0.15, -0.1) is 0 Å². The molecule has 2 unspecified atom stereocenters. The van der Waals surface area contributed by atoms with Crippen LogP contribution in [0.4, 0.5) is 0 Å². The van der Waals surface area contributed by atoms with E-state index >= 15 is 0 Å². The topological polar surface area (TPSA) is 72.4 Å². The summed E-state index contributed by atoms with van der Waals surface area (Å²) in [5.74, 6) is 0. The molecule has 0 bridgehead atoms. The van der Waals surface area contributed by atoms with Crippen LogP contribution in [0, 0.1) is 0 Å². The van der Waals surface area contributed by atoms with E-state index in [1.165, 1.54) is 4.68 Å². The Morgan fingerprint density at radius 2 is 1.69 bits per heavy atom. The molecule has 1 aliphatic rings. The molecule has 1 fully saturated rings. The largest absolute Gasteiger partial charge is 0.391 e. The van der Waals surface area contributed by atoms with Crippen molar-refractivity contribution < 1.29 is 5.11 Å². The van der Waals surface area contributed by atoms with Crippen LogP contribution in [-0.4, -0.2) is 30.6 Å². The normalized spacial score (nSPS) is 19.5. The zero-order valence-corrected chi connectivity index (χ0v) is 16.0. The van der Waals surface area contributed by atoms with Gasteiger partial charge in [-0.05, 0) is 31.0 Å². The Morgan fingerprint density at radius 1 is 0.897 bits per heavy atom. The Labute approximate surface area is 168 Å². The number of fused-ring (bicyclic) bond motifs is 1. The van der Waals surface area contributed by atoms with Gasteiger partial charge in [-0.2, -0.15) is 10.2 Å². The molecule has 1 N–H and O–H groups in total. The average molecular weight is 386 g/mol. The lowest BCUT2D eigenvalue weighted by Gasteiger charge is -2.28. The highest BCUT2D eigenvalue weighted by molar-refractivity contribution is 5.90. The van der Waals surface area contributed by atoms with Crippen LogP contribution in [0.25, 0.3) is 28.0 Å². The molecule has 0 spiro atoms. The molecular formula is C23H22N4O2. The smallest absolute Gasteiger partial charge is 0.267 e. The van der Waals surface area contributed by atoms with Crippen LogP contribution in [-0.2, 0) is 0 Å². The average Bonchev–Trinajstić information content (AvgIpc) is 3.15. The monoisotopic (exact) mass is 386 g/mol. The fraction of sp³-hybridized carbons (Fsp3) is 0.261. The van der Waals surface area contributed by atoms with E-state index in [0.29, 0.717) is 12.1 Å². The highest BCUT2D eigenvalue weighted by Gasteiger charge is 2.27. The number of nitrogens with zero attached hydrogens (tertiary/aromatic N) is 4. The molecule has 0 amide bonds. The van der Waals surface area contributed by atoms with E-state index in [-0.39, 0.29) is 11.6 Å². The molecule has 3 heterocycles. The minimum Gasteiger partial charge on any atom is -0.391 e. The molecule has 6 nitrogen and oxygen atoms in total. The summed E-state index contributed by atoms with van der Waals surface area (Å²) < 4.78 is 3.31. The highest BCUT2D eigenvalue weighted by atomic mass is 16.3. The third-order valence-electron chi connectivity index (χ3n) is 5.68. The molecule has 0 radical (unpaired) electrons. The van der Waals surface area contributed by atoms with Crippen molar-refractivity contribution in [3.05, 3.63) is 77.2 Å². The molecule has 2 atom stereocenters. The summed E-state index contributed by atoms with van der Waals surface area (Å²) in [7, 11) is 0. The van der Waals surface area contributed by atoms with E-state index in [1.54, 1.807) is 12.1 Å². The molecule has 1 aromatic carbocycles. The third-order valence-corrected chi connectivity index (χ3v) is 5.68. The van der Waals surface area contributed by atoms with Crippen molar-refractivity contribution in [3.63, 3.8) is 0 Å². The maximum Gasteiger partial charge on any atom is 0.267 e. The SMILES string of the molecule is O=c1ccc(-c2c(-c3ccccc3)nn3ccccc23)nn1C1CCCCC1O. The lowest BCUT2D eigenvalue weighted by atomic mass is 9.93. The summed E-state index contributed by atoms with van der Waals surface area (Å²) in [5.41, 5.74) is 4.12. The molecule has 5 rings (SSSR count). The van der Waals surface area contributed by atoms with E-state index in [9.17, 15) is 9.90 Å². The molecule has 3 aromatic heterocycles. The van der Waals surface area contributed by atoms with Gasteiger partial charge in [0.1, 0.15) is 5.69 Å². The molecule has 146 valence electrons. The van der Waals surface area contributed by atoms with Crippen LogP contribution in [0.3, 0.4) is 0 Å². The summed E-state index contributed by atoms with van der Waals surface area (Å²) in [6, 6.07) is 18.9. The lowest BCUT2D eigenvalue weighted by Crippen LogP contribution is -2.36. The minimum absolute atomic E-state index is 0.183. The molecule has 4 aromatic rings. The molecule has 0 aliphatic heterocycles. The van der Waals surface area contributed by atoms with E-state index in [2.05, 4.69) is 0 Å². The second-order valence-electron chi connectivity index (χ2n) is 7.54. The van der Waals surface area contributed by atoms with Crippen LogP contribution in [0.5, 0.6) is 0 Å². The number of aliphatic hydroxyl groups excluding tert-OH is 1. The summed E-state index contributed by atoms with van der Waals surface area (Å²) in [4.78, 5) is 12.6. The van der Waals surface area contributed by atoms with Crippen molar-refractivity contribution in [2.24, 2.45) is 0 Å². The fourth-order valence-corrected chi connectivity index (χ4v) is 4.22. The van der Waals surface area contributed by atoms with Crippen LogP contribution in [0.1, 0.15) is 31.7 Å². The Kier molecular flexibility index (Phi) is 4.48. The van der Waals surface area contributed by atoms with Gasteiger partial charge in [0.15, 0.2) is 0 Å². The van der Waals surface area contributed by atoms with Crippen molar-refractivity contribution in [2.75, 3.05) is 0 Å². The predicted octanol–water partition coefficient (Wildman–Crippen LogP) is 3.70. The summed E-state index contributed by atoms with van der Waals surface area (Å²) in [6.07, 6.45) is 4.81. The number of pyridine rings is 1. The second kappa shape index (κ2) is 7.29. The van der Waals surface area contributed by atoms with E-state index in [1.807, 2.05) is 59.2 Å². The van der Waals surface area contributed by atoms with E-state index < -0.39 is 6.10 Å². The zero-order valence-electron chi connectivity index (χ0n) is 16.0. The van der Waals surface area contributed by atoms with Gasteiger partial charge in [-0.25, -0.2) is 9.20 Å². The Bertz CT molecular complexity index is 1210. The van der Waals surface area contributed by atoms with Crippen molar-refractivity contribution in [3.8, 4) is 22.5 Å². The second-order valence-corrected chi connectivity index (χ2v) is 7.54. The van der Waals surface area contributed by atoms with Crippen molar-refractivity contribution in [2.45, 2.75) is 37.8 Å². The first-order valence-electron chi connectivity index (χ1n) is 10.0. The van der Waals surface area contributed by atoms with Crippen molar-refractivity contribution in [1.29, 1.82) is 0 Å². The molecule has 0 saturated heterocycles. The van der Waals surface area contributed by atoms with E-state index in [4.69, 9.17) is 10.2 Å². The fourth-order valence-electron chi connectivity index (χ4n) is 4.22. The first-order valence-corrected chi connectivity index (χ1v) is 10.0. The molecule has 1 saturated carbocycles. The van der Waals surface area contributed by atoms with Gasteiger partial charge in [-0.1, -0.05) is 49.2 Å². The minimum atomic E-state index is -0.540. The van der Waals surface area contributed by atoms with Crippen LogP contribution < -0.4 is 5.56 Å². The van der Waals surface area contributed by atoms with Crippen molar-refractivity contribution >= 4 is 5.52 Å². The number of aromatic nitrogens is 4. The van der Waals surface area contributed by atoms with E-state index in [0.717, 1.165) is 41.6 Å². The van der Waals surface area contributed by atoms with Crippen molar-refractivity contribution in [1.82, 2.24) is 19.4 Å². The van der Waals surface area contributed by atoms with Crippen LogP contribution in [0.2, 0.25) is 0 Å². The Morgan fingerprint density at radius 3 is 2.52 bits per heavy atom. The molecule has 29 heavy (non-hydrogen) atoms. The Hall–Kier alpha value is -3.25. The number of benzene rings is 1. The Balaban J connectivity index is 1.72. The zero-order chi connectivity index (χ0) is 19.8. The van der Waals surface area contributed by atoms with Gasteiger partial charge in [-0.3, -0.25) is 4.79 Å². The first kappa shape index (κ1) is 17.8. The first-order chi connectivity index (χ1) is 14.2. The van der Waals surface area contributed by atoms with Gasteiger partial charge in [0, 0.05) is 17.8 Å². The molecular weight excluding hydrogens is 364 g/mol. The van der Waals surface area contributed by atoms with Gasteiger partial charge in [0.05, 0.1) is 28.9 Å². The summed E-state index contributed by atoms with van der Waals surface area (Å²) in [6.45, 7) is 0. The number of hydrogen-bond donors (Lipinski definition) is 1. The van der Waals surface area contributed by atoms with Crippen LogP contribution >= 0.6 is 0 Å². The number of hydrogen-bond acceptors (Lipinski definition) is 4. The third kappa shape index (κ3) is 3.15.